The molecule has 1 heterocycles. The van der Waals surface area contributed by atoms with Crippen molar-refractivity contribution >= 4 is 0 Å². The lowest BCUT2D eigenvalue weighted by molar-refractivity contribution is 0.100. The molecule has 1 saturated carbocycles. The van der Waals surface area contributed by atoms with E-state index in [1.807, 2.05) is 37.3 Å². The van der Waals surface area contributed by atoms with Gasteiger partial charge in [-0.25, -0.2) is 8.78 Å². The van der Waals surface area contributed by atoms with E-state index in [1.54, 1.807) is 7.11 Å². The Bertz CT molecular complexity index is 863. The Balaban J connectivity index is 2.35. The summed E-state index contributed by atoms with van der Waals surface area (Å²) in [5, 5.41) is 10.2. The first-order valence-electron chi connectivity index (χ1n) is 10.3. The number of hydrogen-bond acceptors (Lipinski definition) is 3. The van der Waals surface area contributed by atoms with Gasteiger partial charge in [0.25, 0.3) is 0 Å². The molecule has 0 bridgehead atoms. The fourth-order valence-electron chi connectivity index (χ4n) is 4.71. The van der Waals surface area contributed by atoms with Crippen molar-refractivity contribution in [1.82, 2.24) is 4.98 Å². The Hall–Kier alpha value is -2.32. The summed E-state index contributed by atoms with van der Waals surface area (Å²) in [6.07, 6.45) is 2.71. The third-order valence-electron chi connectivity index (χ3n) is 5.98. The predicted molar refractivity (Wildman–Crippen MR) is 110 cm³/mol. The number of hydrogen-bond donors (Lipinski definition) is 0. The summed E-state index contributed by atoms with van der Waals surface area (Å²) in [6.45, 7) is 2.42. The summed E-state index contributed by atoms with van der Waals surface area (Å²) in [5.74, 6) is 0. The van der Waals surface area contributed by atoms with Crippen molar-refractivity contribution in [2.24, 2.45) is 0 Å². The van der Waals surface area contributed by atoms with E-state index in [2.05, 4.69) is 6.07 Å². The van der Waals surface area contributed by atoms with E-state index in [0.717, 1.165) is 43.4 Å². The first-order valence-corrected chi connectivity index (χ1v) is 10.3. The standard InChI is InChI=1S/C24H28F2N2O/c1-3-20-18(14-21(25)26)22(17-10-6-4-7-11-17)19(15-27)23(28-20)24(16-29-2)12-8-5-9-13-24/h4,6-7,10-11,21H,3,5,8-9,12-14,16H2,1-2H3. The highest BCUT2D eigenvalue weighted by atomic mass is 19.3. The largest absolute Gasteiger partial charge is 0.384 e. The lowest BCUT2D eigenvalue weighted by Gasteiger charge is -2.38. The highest BCUT2D eigenvalue weighted by Crippen LogP contribution is 2.44. The van der Waals surface area contributed by atoms with Gasteiger partial charge in [0.05, 0.1) is 17.9 Å². The Morgan fingerprint density at radius 1 is 1.17 bits per heavy atom. The number of aryl methyl sites for hydroxylation is 1. The topological polar surface area (TPSA) is 45.9 Å². The highest BCUT2D eigenvalue weighted by molar-refractivity contribution is 5.76. The molecule has 0 aliphatic heterocycles. The molecule has 0 unspecified atom stereocenters. The Kier molecular flexibility index (Phi) is 6.97. The van der Waals surface area contributed by atoms with Crippen molar-refractivity contribution in [2.45, 2.75) is 63.7 Å². The van der Waals surface area contributed by atoms with Gasteiger partial charge in [-0.1, -0.05) is 56.5 Å². The Labute approximate surface area is 171 Å². The zero-order valence-corrected chi connectivity index (χ0v) is 17.2. The lowest BCUT2D eigenvalue weighted by atomic mass is 9.69. The summed E-state index contributed by atoms with van der Waals surface area (Å²) in [7, 11) is 1.67. The smallest absolute Gasteiger partial charge is 0.242 e. The molecule has 0 atom stereocenters. The average molecular weight is 398 g/mol. The highest BCUT2D eigenvalue weighted by Gasteiger charge is 2.39. The molecule has 1 fully saturated rings. The fraction of sp³-hybridized carbons (Fsp3) is 0.500. The monoisotopic (exact) mass is 398 g/mol. The molecule has 3 rings (SSSR count). The molecule has 1 aromatic heterocycles. The fourth-order valence-corrected chi connectivity index (χ4v) is 4.71. The molecule has 5 heteroatoms. The first kappa shape index (κ1) is 21.4. The van der Waals surface area contributed by atoms with Crippen LogP contribution in [0.15, 0.2) is 30.3 Å². The van der Waals surface area contributed by atoms with Crippen molar-refractivity contribution in [1.29, 1.82) is 5.26 Å². The molecule has 1 aliphatic rings. The van der Waals surface area contributed by atoms with E-state index in [0.29, 0.717) is 35.4 Å². The predicted octanol–water partition coefficient (Wildman–Crippen LogP) is 5.84. The van der Waals surface area contributed by atoms with Crippen LogP contribution in [-0.4, -0.2) is 25.1 Å². The number of methoxy groups -OCH3 is 1. The van der Waals surface area contributed by atoms with Gasteiger partial charge in [0.15, 0.2) is 0 Å². The molecular weight excluding hydrogens is 370 g/mol. The number of halogens is 2. The van der Waals surface area contributed by atoms with E-state index in [-0.39, 0.29) is 5.41 Å². The van der Waals surface area contributed by atoms with Crippen LogP contribution >= 0.6 is 0 Å². The molecule has 2 aromatic rings. The molecule has 0 N–H and O–H groups in total. The second-order valence-electron chi connectivity index (χ2n) is 7.84. The minimum absolute atomic E-state index is 0.338. The summed E-state index contributed by atoms with van der Waals surface area (Å²) >= 11 is 0. The van der Waals surface area contributed by atoms with E-state index in [1.165, 1.54) is 0 Å². The number of nitrogens with zero attached hydrogens (tertiary/aromatic N) is 2. The maximum Gasteiger partial charge on any atom is 0.242 e. The van der Waals surface area contributed by atoms with E-state index in [4.69, 9.17) is 9.72 Å². The average Bonchev–Trinajstić information content (AvgIpc) is 2.74. The van der Waals surface area contributed by atoms with Gasteiger partial charge >= 0.3 is 0 Å². The minimum Gasteiger partial charge on any atom is -0.384 e. The third-order valence-corrected chi connectivity index (χ3v) is 5.98. The van der Waals surface area contributed by atoms with Crippen LogP contribution in [0.25, 0.3) is 11.1 Å². The number of benzene rings is 1. The Morgan fingerprint density at radius 2 is 1.86 bits per heavy atom. The second kappa shape index (κ2) is 9.45. The first-order chi connectivity index (χ1) is 14.1. The number of aromatic nitrogens is 1. The van der Waals surface area contributed by atoms with Gasteiger partial charge in [-0.15, -0.1) is 0 Å². The number of ether oxygens (including phenoxy) is 1. The number of alkyl halides is 2. The van der Waals surface area contributed by atoms with Crippen molar-refractivity contribution in [3.63, 3.8) is 0 Å². The van der Waals surface area contributed by atoms with Crippen LogP contribution in [0.4, 0.5) is 8.78 Å². The summed E-state index contributed by atoms with van der Waals surface area (Å²) in [6, 6.07) is 11.8. The molecule has 154 valence electrons. The molecule has 1 aromatic carbocycles. The van der Waals surface area contributed by atoms with Crippen LogP contribution in [-0.2, 0) is 23.0 Å². The zero-order valence-electron chi connectivity index (χ0n) is 17.2. The molecule has 0 saturated heterocycles. The van der Waals surface area contributed by atoms with Crippen molar-refractivity contribution < 1.29 is 13.5 Å². The van der Waals surface area contributed by atoms with E-state index in [9.17, 15) is 14.0 Å². The third kappa shape index (κ3) is 4.33. The number of nitriles is 1. The normalized spacial score (nSPS) is 16.0. The van der Waals surface area contributed by atoms with Crippen molar-refractivity contribution in [3.8, 4) is 17.2 Å². The van der Waals surface area contributed by atoms with E-state index >= 15 is 0 Å². The summed E-state index contributed by atoms with van der Waals surface area (Å²) in [4.78, 5) is 4.88. The van der Waals surface area contributed by atoms with Crippen LogP contribution in [0.3, 0.4) is 0 Å². The number of pyridine rings is 1. The molecule has 29 heavy (non-hydrogen) atoms. The van der Waals surface area contributed by atoms with Gasteiger partial charge in [-0.05, 0) is 30.4 Å². The van der Waals surface area contributed by atoms with Crippen LogP contribution in [0, 0.1) is 11.3 Å². The van der Waals surface area contributed by atoms with Crippen molar-refractivity contribution in [3.05, 3.63) is 52.8 Å². The summed E-state index contributed by atoms with van der Waals surface area (Å²) < 4.78 is 32.6. The van der Waals surface area contributed by atoms with Crippen LogP contribution in [0.2, 0.25) is 0 Å². The maximum atomic E-state index is 13.5. The van der Waals surface area contributed by atoms with Crippen LogP contribution in [0.1, 0.15) is 61.5 Å². The van der Waals surface area contributed by atoms with Gasteiger partial charge in [0.1, 0.15) is 6.07 Å². The van der Waals surface area contributed by atoms with Gasteiger partial charge in [0, 0.05) is 30.2 Å². The van der Waals surface area contributed by atoms with E-state index < -0.39 is 12.8 Å². The molecule has 3 nitrogen and oxygen atoms in total. The minimum atomic E-state index is -2.50. The van der Waals surface area contributed by atoms with Crippen LogP contribution < -0.4 is 0 Å². The summed E-state index contributed by atoms with van der Waals surface area (Å²) in [5.41, 5.74) is 3.40. The zero-order chi connectivity index (χ0) is 20.9. The molecular formula is C24H28F2N2O. The van der Waals surface area contributed by atoms with Gasteiger partial charge < -0.3 is 4.74 Å². The molecule has 1 aliphatic carbocycles. The maximum absolute atomic E-state index is 13.5. The lowest BCUT2D eigenvalue weighted by Crippen LogP contribution is -2.36. The molecule has 0 amide bonds. The number of rotatable bonds is 7. The quantitative estimate of drug-likeness (QED) is 0.589. The van der Waals surface area contributed by atoms with Gasteiger partial charge in [0.2, 0.25) is 6.43 Å². The SMILES string of the molecule is CCc1nc(C2(COC)CCCCC2)c(C#N)c(-c2ccccc2)c1CC(F)F. The van der Waals surface area contributed by atoms with Crippen LogP contribution in [0.5, 0.6) is 0 Å². The molecule has 0 radical (unpaired) electrons. The Morgan fingerprint density at radius 3 is 2.41 bits per heavy atom. The van der Waals surface area contributed by atoms with Crippen molar-refractivity contribution in [2.75, 3.05) is 13.7 Å². The van der Waals surface area contributed by atoms with Gasteiger partial charge in [-0.2, -0.15) is 5.26 Å². The second-order valence-corrected chi connectivity index (χ2v) is 7.84. The van der Waals surface area contributed by atoms with Gasteiger partial charge in [-0.3, -0.25) is 4.98 Å². The molecule has 0 spiro atoms.